The predicted molar refractivity (Wildman–Crippen MR) is 139 cm³/mol. The van der Waals surface area contributed by atoms with E-state index in [1.807, 2.05) is 11.8 Å². The summed E-state index contributed by atoms with van der Waals surface area (Å²) >= 11 is 0. The number of aromatic hydroxyl groups is 1. The predicted octanol–water partition coefficient (Wildman–Crippen LogP) is 2.72. The average molecular weight is 559 g/mol. The van der Waals surface area contributed by atoms with E-state index in [2.05, 4.69) is 34.8 Å². The van der Waals surface area contributed by atoms with Crippen molar-refractivity contribution < 1.29 is 14.7 Å². The molecule has 4 N–H and O–H groups in total. The average Bonchev–Trinajstić information content (AvgIpc) is 2.78. The summed E-state index contributed by atoms with van der Waals surface area (Å²) in [7, 11) is 0. The minimum atomic E-state index is -0.192. The summed E-state index contributed by atoms with van der Waals surface area (Å²) in [5.74, 6) is 1.09. The number of carbonyl (C=O) groups excluding carboxylic acids is 2. The summed E-state index contributed by atoms with van der Waals surface area (Å²) in [4.78, 5) is 31.2. The second-order valence-electron chi connectivity index (χ2n) is 7.82. The first kappa shape index (κ1) is 28.0. The Bertz CT molecular complexity index is 730. The van der Waals surface area contributed by atoms with E-state index in [1.54, 1.807) is 12.1 Å². The Morgan fingerprint density at radius 1 is 1.09 bits per heavy atom. The molecular formula is C23H38IN5O3. The van der Waals surface area contributed by atoms with Crippen molar-refractivity contribution >= 4 is 41.8 Å². The standard InChI is InChI=1S/C23H37N5O3.HI/c1-4-17(5-2)22(31)28-15-11-19(12-16-28)27-23(24-6-3)26-14-13-25-21(30)18-7-9-20(29)10-8-18;/h7-10,17,19,29H,4-6,11-16H2,1-3H3,(H,25,30)(H2,24,26,27);1H. The lowest BCUT2D eigenvalue weighted by molar-refractivity contribution is -0.136. The zero-order valence-electron chi connectivity index (χ0n) is 19.4. The van der Waals surface area contributed by atoms with Crippen LogP contribution in [0, 0.1) is 5.92 Å². The van der Waals surface area contributed by atoms with Crippen LogP contribution in [-0.2, 0) is 4.79 Å². The molecular weight excluding hydrogens is 521 g/mol. The first-order chi connectivity index (χ1) is 15.0. The Morgan fingerprint density at radius 2 is 1.72 bits per heavy atom. The number of hydrogen-bond acceptors (Lipinski definition) is 4. The Morgan fingerprint density at radius 3 is 2.28 bits per heavy atom. The van der Waals surface area contributed by atoms with Gasteiger partial charge in [0.05, 0.1) is 6.54 Å². The second-order valence-corrected chi connectivity index (χ2v) is 7.82. The summed E-state index contributed by atoms with van der Waals surface area (Å²) in [6.07, 6.45) is 3.59. The molecule has 1 heterocycles. The number of hydrogen-bond donors (Lipinski definition) is 4. The maximum Gasteiger partial charge on any atom is 0.251 e. The summed E-state index contributed by atoms with van der Waals surface area (Å²) in [6, 6.07) is 6.42. The van der Waals surface area contributed by atoms with Crippen molar-refractivity contribution in [2.45, 2.75) is 52.5 Å². The molecule has 1 aromatic carbocycles. The molecule has 0 spiro atoms. The number of halogens is 1. The van der Waals surface area contributed by atoms with Crippen molar-refractivity contribution in [3.05, 3.63) is 29.8 Å². The van der Waals surface area contributed by atoms with Gasteiger partial charge in [0, 0.05) is 43.7 Å². The summed E-state index contributed by atoms with van der Waals surface area (Å²) < 4.78 is 0. The van der Waals surface area contributed by atoms with Gasteiger partial charge in [0.2, 0.25) is 5.91 Å². The molecule has 1 aliphatic heterocycles. The Labute approximate surface area is 208 Å². The molecule has 0 aliphatic carbocycles. The van der Waals surface area contributed by atoms with Gasteiger partial charge in [-0.3, -0.25) is 14.6 Å². The minimum absolute atomic E-state index is 0. The summed E-state index contributed by atoms with van der Waals surface area (Å²) in [5.41, 5.74) is 0.501. The highest BCUT2D eigenvalue weighted by Crippen LogP contribution is 2.17. The summed E-state index contributed by atoms with van der Waals surface area (Å²) in [5, 5.41) is 18.8. The number of amides is 2. The van der Waals surface area contributed by atoms with E-state index in [1.165, 1.54) is 12.1 Å². The molecule has 1 aromatic rings. The molecule has 2 rings (SSSR count). The number of phenolic OH excluding ortho intramolecular Hbond substituents is 1. The Balaban J connectivity index is 0.00000512. The molecule has 8 nitrogen and oxygen atoms in total. The number of phenols is 1. The van der Waals surface area contributed by atoms with Crippen molar-refractivity contribution in [3.8, 4) is 5.75 Å². The number of likely N-dealkylation sites (tertiary alicyclic amines) is 1. The molecule has 1 saturated heterocycles. The van der Waals surface area contributed by atoms with Crippen LogP contribution in [-0.4, -0.2) is 66.5 Å². The quantitative estimate of drug-likeness (QED) is 0.161. The third-order valence-corrected chi connectivity index (χ3v) is 5.62. The molecule has 9 heteroatoms. The van der Waals surface area contributed by atoms with E-state index in [0.29, 0.717) is 18.7 Å². The van der Waals surface area contributed by atoms with Crippen LogP contribution in [0.15, 0.2) is 29.3 Å². The van der Waals surface area contributed by atoms with Crippen molar-refractivity contribution in [1.29, 1.82) is 0 Å². The highest BCUT2D eigenvalue weighted by atomic mass is 127. The van der Waals surface area contributed by atoms with Gasteiger partial charge in [-0.05, 0) is 56.9 Å². The van der Waals surface area contributed by atoms with Crippen molar-refractivity contribution in [1.82, 2.24) is 20.9 Å². The van der Waals surface area contributed by atoms with Gasteiger partial charge in [-0.25, -0.2) is 0 Å². The second kappa shape index (κ2) is 14.9. The van der Waals surface area contributed by atoms with Crippen molar-refractivity contribution in [2.24, 2.45) is 10.9 Å². The van der Waals surface area contributed by atoms with Gasteiger partial charge in [-0.1, -0.05) is 13.8 Å². The van der Waals surface area contributed by atoms with Crippen molar-refractivity contribution in [2.75, 3.05) is 32.7 Å². The fraction of sp³-hybridized carbons (Fsp3) is 0.609. The zero-order chi connectivity index (χ0) is 22.6. The molecule has 0 radical (unpaired) electrons. The van der Waals surface area contributed by atoms with E-state index < -0.39 is 0 Å². The molecule has 0 bridgehead atoms. The lowest BCUT2D eigenvalue weighted by atomic mass is 9.98. The first-order valence-corrected chi connectivity index (χ1v) is 11.4. The number of carbonyl (C=O) groups is 2. The van der Waals surface area contributed by atoms with Crippen LogP contribution in [0.25, 0.3) is 0 Å². The van der Waals surface area contributed by atoms with Crippen LogP contribution in [0.2, 0.25) is 0 Å². The topological polar surface area (TPSA) is 106 Å². The number of aliphatic imine (C=N–C) groups is 1. The zero-order valence-corrected chi connectivity index (χ0v) is 21.7. The van der Waals surface area contributed by atoms with Gasteiger partial charge in [-0.15, -0.1) is 24.0 Å². The Hall–Kier alpha value is -2.04. The minimum Gasteiger partial charge on any atom is -0.508 e. The smallest absolute Gasteiger partial charge is 0.251 e. The van der Waals surface area contributed by atoms with E-state index in [-0.39, 0.29) is 53.5 Å². The molecule has 1 aliphatic rings. The van der Waals surface area contributed by atoms with Gasteiger partial charge >= 0.3 is 0 Å². The maximum absolute atomic E-state index is 12.6. The van der Waals surface area contributed by atoms with Crippen LogP contribution in [0.4, 0.5) is 0 Å². The molecule has 0 atom stereocenters. The van der Waals surface area contributed by atoms with Crippen LogP contribution in [0.3, 0.4) is 0 Å². The van der Waals surface area contributed by atoms with Gasteiger partial charge in [-0.2, -0.15) is 0 Å². The SMILES string of the molecule is CCNC(=NCCNC(=O)c1ccc(O)cc1)NC1CCN(C(=O)C(CC)CC)CC1.I. The molecule has 2 amide bonds. The van der Waals surface area contributed by atoms with Crippen molar-refractivity contribution in [3.63, 3.8) is 0 Å². The maximum atomic E-state index is 12.6. The van der Waals surface area contributed by atoms with Crippen LogP contribution in [0.5, 0.6) is 5.75 Å². The summed E-state index contributed by atoms with van der Waals surface area (Å²) in [6.45, 7) is 9.33. The number of nitrogens with zero attached hydrogens (tertiary/aromatic N) is 2. The van der Waals surface area contributed by atoms with Crippen LogP contribution in [0.1, 0.15) is 56.8 Å². The molecule has 180 valence electrons. The third kappa shape index (κ3) is 8.84. The lowest BCUT2D eigenvalue weighted by Gasteiger charge is -2.34. The number of benzene rings is 1. The van der Waals surface area contributed by atoms with Gasteiger partial charge in [0.25, 0.3) is 5.91 Å². The third-order valence-electron chi connectivity index (χ3n) is 5.62. The number of rotatable bonds is 9. The largest absolute Gasteiger partial charge is 0.508 e. The lowest BCUT2D eigenvalue weighted by Crippen LogP contribution is -2.50. The fourth-order valence-electron chi connectivity index (χ4n) is 3.71. The fourth-order valence-corrected chi connectivity index (χ4v) is 3.71. The normalized spacial score (nSPS) is 14.6. The molecule has 0 unspecified atom stereocenters. The van der Waals surface area contributed by atoms with E-state index in [9.17, 15) is 14.7 Å². The van der Waals surface area contributed by atoms with E-state index >= 15 is 0 Å². The molecule has 0 aromatic heterocycles. The highest BCUT2D eigenvalue weighted by molar-refractivity contribution is 14.0. The Kier molecular flexibility index (Phi) is 13.0. The van der Waals surface area contributed by atoms with E-state index in [4.69, 9.17) is 0 Å². The number of piperidine rings is 1. The van der Waals surface area contributed by atoms with Gasteiger partial charge < -0.3 is 26.0 Å². The monoisotopic (exact) mass is 559 g/mol. The number of guanidine groups is 1. The van der Waals surface area contributed by atoms with Gasteiger partial charge in [0.15, 0.2) is 5.96 Å². The van der Waals surface area contributed by atoms with Crippen LogP contribution < -0.4 is 16.0 Å². The van der Waals surface area contributed by atoms with Gasteiger partial charge in [0.1, 0.15) is 5.75 Å². The van der Waals surface area contributed by atoms with Crippen LogP contribution >= 0.6 is 24.0 Å². The van der Waals surface area contributed by atoms with E-state index in [0.717, 1.165) is 51.3 Å². The highest BCUT2D eigenvalue weighted by Gasteiger charge is 2.26. The molecule has 0 saturated carbocycles. The molecule has 1 fully saturated rings. The first-order valence-electron chi connectivity index (χ1n) is 11.4. The number of nitrogens with one attached hydrogen (secondary N) is 3. The molecule has 32 heavy (non-hydrogen) atoms.